The van der Waals surface area contributed by atoms with Gasteiger partial charge in [-0.05, 0) is 42.7 Å². The number of methoxy groups -OCH3 is 1. The first-order chi connectivity index (χ1) is 9.91. The summed E-state index contributed by atoms with van der Waals surface area (Å²) in [5.41, 5.74) is 0.927. The fraction of sp³-hybridized carbons (Fsp3) is 0.647. The molecule has 4 heteroatoms. The van der Waals surface area contributed by atoms with Gasteiger partial charge in [-0.25, -0.2) is 9.78 Å². The Morgan fingerprint density at radius 1 is 1.33 bits per heavy atom. The maximum Gasteiger partial charge on any atom is 0.338 e. The van der Waals surface area contributed by atoms with Gasteiger partial charge in [0.25, 0.3) is 0 Å². The van der Waals surface area contributed by atoms with Crippen LogP contribution in [0.25, 0.3) is 0 Å². The fourth-order valence-corrected chi connectivity index (χ4v) is 3.03. The van der Waals surface area contributed by atoms with Crippen LogP contribution >= 0.6 is 0 Å². The van der Waals surface area contributed by atoms with Crippen molar-refractivity contribution < 1.29 is 9.53 Å². The summed E-state index contributed by atoms with van der Waals surface area (Å²) in [4.78, 5) is 18.3. The highest BCUT2D eigenvalue weighted by atomic mass is 16.5. The first-order valence-corrected chi connectivity index (χ1v) is 7.71. The van der Waals surface area contributed by atoms with Gasteiger partial charge in [0, 0.05) is 19.3 Å². The molecule has 1 atom stereocenters. The first kappa shape index (κ1) is 15.8. The molecule has 1 saturated heterocycles. The van der Waals surface area contributed by atoms with Gasteiger partial charge in [-0.1, -0.05) is 20.8 Å². The van der Waals surface area contributed by atoms with Gasteiger partial charge in [-0.15, -0.1) is 0 Å². The Balaban J connectivity index is 2.11. The Hall–Kier alpha value is -1.58. The molecular weight excluding hydrogens is 264 g/mol. The van der Waals surface area contributed by atoms with Gasteiger partial charge in [0.1, 0.15) is 5.82 Å². The molecule has 116 valence electrons. The SMILES string of the molecule is COC(=O)c1ccnc(N2CCCC(C(C)(C)C)CC2)c1. The number of ether oxygens (including phenoxy) is 1. The third-order valence-corrected chi connectivity index (χ3v) is 4.44. The molecule has 2 heterocycles. The van der Waals surface area contributed by atoms with Crippen LogP contribution in [0.3, 0.4) is 0 Å². The van der Waals surface area contributed by atoms with Gasteiger partial charge in [-0.3, -0.25) is 0 Å². The van der Waals surface area contributed by atoms with Gasteiger partial charge in [0.15, 0.2) is 0 Å². The molecule has 0 aliphatic carbocycles. The predicted octanol–water partition coefficient (Wildman–Crippen LogP) is 3.52. The summed E-state index contributed by atoms with van der Waals surface area (Å²) in [5.74, 6) is 1.32. The Kier molecular flexibility index (Phi) is 4.86. The second-order valence-corrected chi connectivity index (χ2v) is 6.88. The molecule has 1 aliphatic heterocycles. The maximum atomic E-state index is 11.6. The first-order valence-electron chi connectivity index (χ1n) is 7.71. The van der Waals surface area contributed by atoms with Crippen molar-refractivity contribution in [1.82, 2.24) is 4.98 Å². The van der Waals surface area contributed by atoms with Crippen LogP contribution in [-0.4, -0.2) is 31.2 Å². The number of rotatable bonds is 2. The second-order valence-electron chi connectivity index (χ2n) is 6.88. The molecule has 0 aromatic carbocycles. The van der Waals surface area contributed by atoms with Gasteiger partial charge in [0.05, 0.1) is 12.7 Å². The van der Waals surface area contributed by atoms with Gasteiger partial charge < -0.3 is 9.64 Å². The Bertz CT molecular complexity index is 494. The summed E-state index contributed by atoms with van der Waals surface area (Å²) in [5, 5.41) is 0. The molecule has 0 N–H and O–H groups in total. The zero-order valence-electron chi connectivity index (χ0n) is 13.6. The van der Waals surface area contributed by atoms with Crippen LogP contribution < -0.4 is 4.90 Å². The Morgan fingerprint density at radius 3 is 2.76 bits per heavy atom. The number of nitrogens with zero attached hydrogens (tertiary/aromatic N) is 2. The molecule has 2 rings (SSSR count). The fourth-order valence-electron chi connectivity index (χ4n) is 3.03. The van der Waals surface area contributed by atoms with Crippen molar-refractivity contribution in [3.8, 4) is 0 Å². The van der Waals surface area contributed by atoms with Crippen LogP contribution in [0.4, 0.5) is 5.82 Å². The number of carbonyl (C=O) groups is 1. The minimum atomic E-state index is -0.305. The standard InChI is InChI=1S/C17H26N2O2/c1-17(2,3)14-6-5-10-19(11-8-14)15-12-13(7-9-18-15)16(20)21-4/h7,9,12,14H,5-6,8,10-11H2,1-4H3. The molecule has 1 aliphatic rings. The lowest BCUT2D eigenvalue weighted by Gasteiger charge is -2.30. The van der Waals surface area contributed by atoms with E-state index in [1.165, 1.54) is 26.4 Å². The summed E-state index contributed by atoms with van der Waals surface area (Å²) in [6, 6.07) is 3.54. The van der Waals surface area contributed by atoms with Crippen molar-refractivity contribution in [1.29, 1.82) is 0 Å². The highest BCUT2D eigenvalue weighted by Gasteiger charge is 2.27. The molecule has 0 spiro atoms. The molecule has 0 bridgehead atoms. The van der Waals surface area contributed by atoms with Gasteiger partial charge in [0.2, 0.25) is 0 Å². The van der Waals surface area contributed by atoms with Crippen molar-refractivity contribution in [2.75, 3.05) is 25.1 Å². The van der Waals surface area contributed by atoms with E-state index in [-0.39, 0.29) is 5.97 Å². The number of carbonyl (C=O) groups excluding carboxylic acids is 1. The van der Waals surface area contributed by atoms with Crippen molar-refractivity contribution >= 4 is 11.8 Å². The lowest BCUT2D eigenvalue weighted by molar-refractivity contribution is 0.0600. The molecule has 21 heavy (non-hydrogen) atoms. The lowest BCUT2D eigenvalue weighted by Crippen LogP contribution is -2.27. The van der Waals surface area contributed by atoms with E-state index >= 15 is 0 Å². The second kappa shape index (κ2) is 6.46. The van der Waals surface area contributed by atoms with E-state index < -0.39 is 0 Å². The Labute approximate surface area is 127 Å². The summed E-state index contributed by atoms with van der Waals surface area (Å²) in [6.07, 6.45) is 5.30. The molecule has 1 fully saturated rings. The minimum Gasteiger partial charge on any atom is -0.465 e. The predicted molar refractivity (Wildman–Crippen MR) is 84.6 cm³/mol. The highest BCUT2D eigenvalue weighted by Crippen LogP contribution is 2.35. The summed E-state index contributed by atoms with van der Waals surface area (Å²) >= 11 is 0. The van der Waals surface area contributed by atoms with E-state index in [0.717, 1.165) is 24.8 Å². The van der Waals surface area contributed by atoms with E-state index in [1.807, 2.05) is 6.07 Å². The van der Waals surface area contributed by atoms with Crippen molar-refractivity contribution in [3.63, 3.8) is 0 Å². The molecule has 1 unspecified atom stereocenters. The number of pyridine rings is 1. The van der Waals surface area contributed by atoms with Gasteiger partial charge >= 0.3 is 5.97 Å². The zero-order valence-corrected chi connectivity index (χ0v) is 13.6. The summed E-state index contributed by atoms with van der Waals surface area (Å²) in [7, 11) is 1.41. The minimum absolute atomic E-state index is 0.305. The molecule has 4 nitrogen and oxygen atoms in total. The average molecular weight is 290 g/mol. The highest BCUT2D eigenvalue weighted by molar-refractivity contribution is 5.90. The maximum absolute atomic E-state index is 11.6. The summed E-state index contributed by atoms with van der Waals surface area (Å²) in [6.45, 7) is 8.97. The van der Waals surface area contributed by atoms with Crippen LogP contribution in [0, 0.1) is 11.3 Å². The molecule has 1 aromatic rings. The summed E-state index contributed by atoms with van der Waals surface area (Å²) < 4.78 is 4.78. The monoisotopic (exact) mass is 290 g/mol. The van der Waals surface area contributed by atoms with Gasteiger partial charge in [-0.2, -0.15) is 0 Å². The lowest BCUT2D eigenvalue weighted by atomic mass is 9.77. The molecule has 0 amide bonds. The quantitative estimate of drug-likeness (QED) is 0.782. The number of anilines is 1. The van der Waals surface area contributed by atoms with E-state index in [9.17, 15) is 4.79 Å². The number of aromatic nitrogens is 1. The molecule has 0 radical (unpaired) electrons. The Morgan fingerprint density at radius 2 is 2.10 bits per heavy atom. The van der Waals surface area contributed by atoms with Crippen LogP contribution in [0.15, 0.2) is 18.3 Å². The van der Waals surface area contributed by atoms with Crippen molar-refractivity contribution in [2.24, 2.45) is 11.3 Å². The molecule has 0 saturated carbocycles. The normalized spacial score (nSPS) is 20.0. The average Bonchev–Trinajstić information content (AvgIpc) is 2.72. The van der Waals surface area contributed by atoms with E-state index in [0.29, 0.717) is 11.0 Å². The van der Waals surface area contributed by atoms with Crippen LogP contribution in [0.5, 0.6) is 0 Å². The van der Waals surface area contributed by atoms with Crippen molar-refractivity contribution in [3.05, 3.63) is 23.9 Å². The molecular formula is C17H26N2O2. The topological polar surface area (TPSA) is 42.4 Å². The third-order valence-electron chi connectivity index (χ3n) is 4.44. The number of hydrogen-bond acceptors (Lipinski definition) is 4. The smallest absolute Gasteiger partial charge is 0.338 e. The van der Waals surface area contributed by atoms with E-state index in [4.69, 9.17) is 4.74 Å². The van der Waals surface area contributed by atoms with Crippen LogP contribution in [0.2, 0.25) is 0 Å². The van der Waals surface area contributed by atoms with E-state index in [1.54, 1.807) is 12.3 Å². The number of hydrogen-bond donors (Lipinski definition) is 0. The van der Waals surface area contributed by atoms with Crippen LogP contribution in [0.1, 0.15) is 50.4 Å². The largest absolute Gasteiger partial charge is 0.465 e. The third kappa shape index (κ3) is 3.96. The number of esters is 1. The zero-order chi connectivity index (χ0) is 15.5. The van der Waals surface area contributed by atoms with Crippen LogP contribution in [-0.2, 0) is 4.74 Å². The molecule has 1 aromatic heterocycles. The van der Waals surface area contributed by atoms with Crippen molar-refractivity contribution in [2.45, 2.75) is 40.0 Å². The van der Waals surface area contributed by atoms with E-state index in [2.05, 4.69) is 30.7 Å².